The summed E-state index contributed by atoms with van der Waals surface area (Å²) in [7, 11) is 0. The minimum Gasteiger partial charge on any atom is -0.262 e. The van der Waals surface area contributed by atoms with Crippen molar-refractivity contribution in [1.82, 2.24) is 0 Å². The summed E-state index contributed by atoms with van der Waals surface area (Å²) in [5, 5.41) is 0. The predicted octanol–water partition coefficient (Wildman–Crippen LogP) is 1.92. The first kappa shape index (κ1) is 4.98. The lowest BCUT2D eigenvalue weighted by molar-refractivity contribution is 0.717. The molecule has 1 aliphatic carbocycles. The Morgan fingerprint density at radius 1 is 1.67 bits per heavy atom. The highest BCUT2D eigenvalue weighted by Crippen LogP contribution is 2.30. The molecule has 0 spiro atoms. The maximum atomic E-state index is 4.18. The van der Waals surface area contributed by atoms with Gasteiger partial charge in [-0.1, -0.05) is 12.2 Å². The van der Waals surface area contributed by atoms with Crippen LogP contribution >= 0.6 is 0 Å². The van der Waals surface area contributed by atoms with Gasteiger partial charge in [0.25, 0.3) is 0 Å². The second-order valence-electron chi connectivity index (χ2n) is 2.61. The Morgan fingerprint density at radius 3 is 3.00 bits per heavy atom. The molecule has 0 aromatic carbocycles. The van der Waals surface area contributed by atoms with Gasteiger partial charge in [0.2, 0.25) is 0 Å². The van der Waals surface area contributed by atoms with Gasteiger partial charge in [-0.2, -0.15) is 0 Å². The molecule has 1 aliphatic heterocycles. The number of allylic oxidation sites excluding steroid dienone is 4. The molecule has 0 N–H and O–H groups in total. The zero-order valence-corrected chi connectivity index (χ0v) is 5.46. The Morgan fingerprint density at radius 2 is 2.56 bits per heavy atom. The average molecular weight is 119 g/mol. The van der Waals surface area contributed by atoms with Gasteiger partial charge in [-0.15, -0.1) is 0 Å². The fraction of sp³-hybridized carbons (Fsp3) is 0.375. The molecule has 1 heterocycles. The van der Waals surface area contributed by atoms with Crippen molar-refractivity contribution in [3.63, 3.8) is 0 Å². The van der Waals surface area contributed by atoms with Crippen LogP contribution in [0.15, 0.2) is 28.4 Å². The van der Waals surface area contributed by atoms with Gasteiger partial charge in [0.15, 0.2) is 0 Å². The average Bonchev–Trinajstić information content (AvgIpc) is 1.78. The number of rotatable bonds is 0. The Kier molecular flexibility index (Phi) is 0.865. The van der Waals surface area contributed by atoms with Crippen LogP contribution < -0.4 is 0 Å². The molecule has 1 nitrogen and oxygen atoms in total. The highest BCUT2D eigenvalue weighted by molar-refractivity contribution is 5.84. The van der Waals surface area contributed by atoms with E-state index in [1.807, 2.05) is 13.1 Å². The summed E-state index contributed by atoms with van der Waals surface area (Å²) in [6, 6.07) is 0. The van der Waals surface area contributed by atoms with Crippen LogP contribution in [0.5, 0.6) is 0 Å². The molecular weight excluding hydrogens is 110 g/mol. The summed E-state index contributed by atoms with van der Waals surface area (Å²) in [4.78, 5) is 4.18. The first-order valence-corrected chi connectivity index (χ1v) is 3.29. The second-order valence-corrected chi connectivity index (χ2v) is 2.61. The van der Waals surface area contributed by atoms with E-state index in [-0.39, 0.29) is 0 Å². The summed E-state index contributed by atoms with van der Waals surface area (Å²) < 4.78 is 0. The number of nitrogens with zero attached hydrogens (tertiary/aromatic N) is 1. The van der Waals surface area contributed by atoms with Crippen LogP contribution in [0.4, 0.5) is 0 Å². The largest absolute Gasteiger partial charge is 0.262 e. The maximum Gasteiger partial charge on any atom is 0.0339 e. The number of aliphatic imine (C=N–C) groups is 1. The Bertz CT molecular complexity index is 221. The molecule has 0 saturated carbocycles. The molecule has 2 aliphatic rings. The van der Waals surface area contributed by atoms with E-state index >= 15 is 0 Å². The summed E-state index contributed by atoms with van der Waals surface area (Å²) in [6.07, 6.45) is 7.66. The summed E-state index contributed by atoms with van der Waals surface area (Å²) in [5.74, 6) is 0.711. The van der Waals surface area contributed by atoms with Crippen LogP contribution in [0.25, 0.3) is 0 Å². The number of hydrogen-bond donors (Lipinski definition) is 0. The van der Waals surface area contributed by atoms with Crippen molar-refractivity contribution in [3.8, 4) is 0 Å². The third kappa shape index (κ3) is 0.645. The van der Waals surface area contributed by atoms with E-state index in [0.717, 1.165) is 5.70 Å². The first-order chi connectivity index (χ1) is 4.36. The standard InChI is InChI=1S/C8H9N/c1-6-4-7-2-3-8(7)5-9-6/h3-5,7H,2H2,1H3. The maximum absolute atomic E-state index is 4.18. The van der Waals surface area contributed by atoms with Crippen molar-refractivity contribution < 1.29 is 0 Å². The highest BCUT2D eigenvalue weighted by Gasteiger charge is 2.19. The first-order valence-electron chi connectivity index (χ1n) is 3.29. The Hall–Kier alpha value is -0.850. The zero-order valence-electron chi connectivity index (χ0n) is 5.46. The van der Waals surface area contributed by atoms with E-state index in [9.17, 15) is 0 Å². The quantitative estimate of drug-likeness (QED) is 0.462. The molecule has 46 valence electrons. The van der Waals surface area contributed by atoms with E-state index in [0.29, 0.717) is 5.92 Å². The van der Waals surface area contributed by atoms with Crippen LogP contribution in [0.2, 0.25) is 0 Å². The summed E-state index contributed by atoms with van der Waals surface area (Å²) in [5.41, 5.74) is 2.57. The summed E-state index contributed by atoms with van der Waals surface area (Å²) in [6.45, 7) is 2.05. The van der Waals surface area contributed by atoms with Gasteiger partial charge in [-0.3, -0.25) is 4.99 Å². The van der Waals surface area contributed by atoms with Gasteiger partial charge in [-0.25, -0.2) is 0 Å². The zero-order chi connectivity index (χ0) is 6.27. The minimum atomic E-state index is 0.711. The third-order valence-electron chi connectivity index (χ3n) is 1.90. The molecule has 9 heavy (non-hydrogen) atoms. The van der Waals surface area contributed by atoms with E-state index in [2.05, 4.69) is 17.1 Å². The summed E-state index contributed by atoms with van der Waals surface area (Å²) >= 11 is 0. The van der Waals surface area contributed by atoms with Crippen LogP contribution in [0, 0.1) is 5.92 Å². The van der Waals surface area contributed by atoms with Crippen molar-refractivity contribution in [2.75, 3.05) is 0 Å². The topological polar surface area (TPSA) is 12.4 Å². The van der Waals surface area contributed by atoms with Gasteiger partial charge in [0, 0.05) is 17.8 Å². The highest BCUT2D eigenvalue weighted by atomic mass is 14.7. The van der Waals surface area contributed by atoms with Gasteiger partial charge in [-0.05, 0) is 18.9 Å². The van der Waals surface area contributed by atoms with Gasteiger partial charge >= 0.3 is 0 Å². The van der Waals surface area contributed by atoms with Crippen molar-refractivity contribution >= 4 is 6.21 Å². The molecule has 0 aromatic rings. The molecule has 0 aromatic heterocycles. The molecule has 0 fully saturated rings. The van der Waals surface area contributed by atoms with Gasteiger partial charge < -0.3 is 0 Å². The van der Waals surface area contributed by atoms with E-state index in [4.69, 9.17) is 0 Å². The third-order valence-corrected chi connectivity index (χ3v) is 1.90. The molecule has 0 saturated heterocycles. The monoisotopic (exact) mass is 119 g/mol. The van der Waals surface area contributed by atoms with Gasteiger partial charge in [0.1, 0.15) is 0 Å². The molecule has 0 bridgehead atoms. The van der Waals surface area contributed by atoms with E-state index < -0.39 is 0 Å². The molecule has 1 heteroatoms. The smallest absolute Gasteiger partial charge is 0.0339 e. The fourth-order valence-electron chi connectivity index (χ4n) is 1.21. The number of hydrogen-bond acceptors (Lipinski definition) is 1. The van der Waals surface area contributed by atoms with Gasteiger partial charge in [0.05, 0.1) is 0 Å². The van der Waals surface area contributed by atoms with E-state index in [1.165, 1.54) is 12.0 Å². The molecule has 2 rings (SSSR count). The molecule has 0 amide bonds. The Labute approximate surface area is 54.8 Å². The van der Waals surface area contributed by atoms with E-state index in [1.54, 1.807) is 0 Å². The predicted molar refractivity (Wildman–Crippen MR) is 38.4 cm³/mol. The van der Waals surface area contributed by atoms with Crippen molar-refractivity contribution in [2.45, 2.75) is 13.3 Å². The van der Waals surface area contributed by atoms with Crippen molar-refractivity contribution in [2.24, 2.45) is 10.9 Å². The Balaban J connectivity index is 2.34. The lowest BCUT2D eigenvalue weighted by Gasteiger charge is -2.24. The molecule has 1 atom stereocenters. The minimum absolute atomic E-state index is 0.711. The molecule has 0 radical (unpaired) electrons. The van der Waals surface area contributed by atoms with Crippen LogP contribution in [0.3, 0.4) is 0 Å². The normalized spacial score (nSPS) is 30.1. The van der Waals surface area contributed by atoms with Crippen molar-refractivity contribution in [3.05, 3.63) is 23.4 Å². The van der Waals surface area contributed by atoms with Crippen LogP contribution in [-0.2, 0) is 0 Å². The van der Waals surface area contributed by atoms with Crippen molar-refractivity contribution in [1.29, 1.82) is 0 Å². The fourth-order valence-corrected chi connectivity index (χ4v) is 1.21. The molecular formula is C8H9N. The molecule has 1 unspecified atom stereocenters. The van der Waals surface area contributed by atoms with Crippen LogP contribution in [-0.4, -0.2) is 6.21 Å². The lowest BCUT2D eigenvalue weighted by Crippen LogP contribution is -2.13. The second kappa shape index (κ2) is 1.56. The van der Waals surface area contributed by atoms with Crippen LogP contribution in [0.1, 0.15) is 13.3 Å². The SMILES string of the molecule is CC1=CC2CC=C2C=N1. The number of fused-ring (bicyclic) bond motifs is 1. The lowest BCUT2D eigenvalue weighted by atomic mass is 9.83.